The molecule has 1 amide bonds. The Morgan fingerprint density at radius 2 is 1.77 bits per heavy atom. The van der Waals surface area contributed by atoms with Gasteiger partial charge in [-0.05, 0) is 16.7 Å². The first-order valence-electron chi connectivity index (χ1n) is 9.58. The molecule has 2 unspecified atom stereocenters. The molecule has 7 heteroatoms. The number of carbonyl (C=O) groups excluding carboxylic acids is 2. The number of hydrogen-bond acceptors (Lipinski definition) is 5. The van der Waals surface area contributed by atoms with Gasteiger partial charge < -0.3 is 10.5 Å². The molecule has 0 aliphatic carbocycles. The zero-order valence-electron chi connectivity index (χ0n) is 16.1. The van der Waals surface area contributed by atoms with Crippen LogP contribution in [-0.4, -0.2) is 39.8 Å². The summed E-state index contributed by atoms with van der Waals surface area (Å²) in [6.45, 7) is 0. The van der Waals surface area contributed by atoms with E-state index in [9.17, 15) is 9.59 Å². The lowest BCUT2D eigenvalue weighted by Crippen LogP contribution is -2.68. The van der Waals surface area contributed by atoms with Gasteiger partial charge in [-0.3, -0.25) is 9.69 Å². The van der Waals surface area contributed by atoms with Crippen LogP contribution in [0.2, 0.25) is 0 Å². The van der Waals surface area contributed by atoms with Gasteiger partial charge in [0.15, 0.2) is 6.10 Å². The summed E-state index contributed by atoms with van der Waals surface area (Å²) < 4.78 is 6.00. The molecule has 5 nitrogen and oxygen atoms in total. The fourth-order valence-corrected chi connectivity index (χ4v) is 4.95. The minimum atomic E-state index is -0.601. The van der Waals surface area contributed by atoms with E-state index in [-0.39, 0.29) is 17.0 Å². The van der Waals surface area contributed by atoms with Gasteiger partial charge >= 0.3 is 5.97 Å². The molecule has 2 atom stereocenters. The molecule has 2 aliphatic heterocycles. The number of nitrogens with zero attached hydrogens (tertiary/aromatic N) is 1. The number of esters is 1. The third-order valence-electron chi connectivity index (χ3n) is 5.07. The van der Waals surface area contributed by atoms with Gasteiger partial charge in [0.2, 0.25) is 5.91 Å². The van der Waals surface area contributed by atoms with Crippen molar-refractivity contribution in [1.82, 2.24) is 4.90 Å². The fourth-order valence-electron chi connectivity index (χ4n) is 3.59. The molecule has 2 aromatic rings. The SMILES string of the molecule is NC1C(=O)N2C(C(=O)OC(c3ccccc3)c3ccccc3)=C(/C=C/CCl)CSC12. The van der Waals surface area contributed by atoms with Crippen LogP contribution in [0.4, 0.5) is 0 Å². The molecule has 0 aromatic heterocycles. The van der Waals surface area contributed by atoms with Gasteiger partial charge in [-0.1, -0.05) is 72.8 Å². The highest BCUT2D eigenvalue weighted by Crippen LogP contribution is 2.41. The number of amides is 1. The van der Waals surface area contributed by atoms with Crippen molar-refractivity contribution in [3.8, 4) is 0 Å². The third kappa shape index (κ3) is 3.90. The van der Waals surface area contributed by atoms with Crippen molar-refractivity contribution < 1.29 is 14.3 Å². The summed E-state index contributed by atoms with van der Waals surface area (Å²) in [5.41, 5.74) is 8.61. The van der Waals surface area contributed by atoms with Crippen molar-refractivity contribution in [2.24, 2.45) is 5.73 Å². The number of thioether (sulfide) groups is 1. The Morgan fingerprint density at radius 3 is 2.33 bits per heavy atom. The number of benzene rings is 2. The summed E-state index contributed by atoms with van der Waals surface area (Å²) in [6.07, 6.45) is 2.94. The Hall–Kier alpha value is -2.54. The molecule has 0 saturated carbocycles. The van der Waals surface area contributed by atoms with Gasteiger partial charge in [0.25, 0.3) is 0 Å². The maximum atomic E-state index is 13.4. The highest BCUT2D eigenvalue weighted by atomic mass is 35.5. The number of nitrogens with two attached hydrogens (primary N) is 1. The Balaban J connectivity index is 1.70. The van der Waals surface area contributed by atoms with Crippen molar-refractivity contribution >= 4 is 35.2 Å². The third-order valence-corrected chi connectivity index (χ3v) is 6.57. The topological polar surface area (TPSA) is 72.6 Å². The molecule has 30 heavy (non-hydrogen) atoms. The Labute approximate surface area is 184 Å². The quantitative estimate of drug-likeness (QED) is 0.422. The van der Waals surface area contributed by atoms with E-state index in [1.54, 1.807) is 12.2 Å². The molecule has 2 heterocycles. The second kappa shape index (κ2) is 9.08. The molecular formula is C23H21ClN2O3S. The van der Waals surface area contributed by atoms with E-state index in [1.807, 2.05) is 60.7 Å². The average Bonchev–Trinajstić information content (AvgIpc) is 2.81. The standard InChI is InChI=1S/C23H21ClN2O3S/c24-13-7-12-17-14-30-22-18(25)21(27)26(22)19(17)23(28)29-20(15-8-3-1-4-9-15)16-10-5-2-6-11-16/h1-12,18,20,22H,13-14,25H2/b12-7+. The number of allylic oxidation sites excluding steroid dienone is 2. The number of β-lactam (4-membered cyclic amide) rings is 1. The fraction of sp³-hybridized carbons (Fsp3) is 0.217. The molecule has 2 aromatic carbocycles. The lowest BCUT2D eigenvalue weighted by molar-refractivity contribution is -0.153. The second-order valence-corrected chi connectivity index (χ2v) is 8.39. The highest BCUT2D eigenvalue weighted by molar-refractivity contribution is 8.00. The van der Waals surface area contributed by atoms with E-state index in [2.05, 4.69) is 0 Å². The van der Waals surface area contributed by atoms with Crippen LogP contribution in [0.5, 0.6) is 0 Å². The van der Waals surface area contributed by atoms with Crippen LogP contribution >= 0.6 is 23.4 Å². The number of ether oxygens (including phenoxy) is 1. The monoisotopic (exact) mass is 440 g/mol. The molecule has 2 N–H and O–H groups in total. The molecule has 4 rings (SSSR count). The minimum absolute atomic E-state index is 0.250. The maximum absolute atomic E-state index is 13.4. The molecule has 0 bridgehead atoms. The zero-order valence-corrected chi connectivity index (χ0v) is 17.7. The van der Waals surface area contributed by atoms with E-state index in [1.165, 1.54) is 16.7 Å². The van der Waals surface area contributed by atoms with Crippen molar-refractivity contribution in [1.29, 1.82) is 0 Å². The summed E-state index contributed by atoms with van der Waals surface area (Å²) in [6, 6.07) is 18.5. The number of hydrogen-bond donors (Lipinski definition) is 1. The van der Waals surface area contributed by atoms with Crippen LogP contribution in [0.3, 0.4) is 0 Å². The predicted molar refractivity (Wildman–Crippen MR) is 119 cm³/mol. The van der Waals surface area contributed by atoms with Crippen LogP contribution in [0.1, 0.15) is 17.2 Å². The van der Waals surface area contributed by atoms with Crippen LogP contribution in [0.25, 0.3) is 0 Å². The average molecular weight is 441 g/mol. The summed E-state index contributed by atoms with van der Waals surface area (Å²) in [7, 11) is 0. The molecule has 154 valence electrons. The number of halogens is 1. The Kier molecular flexibility index (Phi) is 6.27. The largest absolute Gasteiger partial charge is 0.448 e. The Morgan fingerprint density at radius 1 is 1.17 bits per heavy atom. The summed E-state index contributed by atoms with van der Waals surface area (Å²) in [5, 5.41) is -0.250. The van der Waals surface area contributed by atoms with Crippen molar-refractivity contribution in [3.05, 3.63) is 95.2 Å². The number of alkyl halides is 1. The van der Waals surface area contributed by atoms with E-state index < -0.39 is 18.1 Å². The van der Waals surface area contributed by atoms with E-state index >= 15 is 0 Å². The van der Waals surface area contributed by atoms with Gasteiger partial charge in [-0.25, -0.2) is 4.79 Å². The van der Waals surface area contributed by atoms with Gasteiger partial charge in [-0.15, -0.1) is 23.4 Å². The highest BCUT2D eigenvalue weighted by Gasteiger charge is 2.52. The summed E-state index contributed by atoms with van der Waals surface area (Å²) in [4.78, 5) is 27.3. The van der Waals surface area contributed by atoms with Crippen molar-refractivity contribution in [2.75, 3.05) is 11.6 Å². The molecular weight excluding hydrogens is 420 g/mol. The first-order valence-corrected chi connectivity index (χ1v) is 11.2. The minimum Gasteiger partial charge on any atom is -0.448 e. The van der Waals surface area contributed by atoms with Crippen molar-refractivity contribution in [3.63, 3.8) is 0 Å². The molecule has 1 fully saturated rings. The number of rotatable bonds is 6. The van der Waals surface area contributed by atoms with Crippen molar-refractivity contribution in [2.45, 2.75) is 17.5 Å². The number of fused-ring (bicyclic) bond motifs is 1. The van der Waals surface area contributed by atoms with Crippen LogP contribution in [0.15, 0.2) is 84.1 Å². The predicted octanol–water partition coefficient (Wildman–Crippen LogP) is 3.61. The second-order valence-electron chi connectivity index (χ2n) is 6.97. The normalized spacial score (nSPS) is 21.0. The van der Waals surface area contributed by atoms with Gasteiger partial charge in [0.05, 0.1) is 0 Å². The first-order chi connectivity index (χ1) is 14.6. The molecule has 0 radical (unpaired) electrons. The van der Waals surface area contributed by atoms with Gasteiger partial charge in [-0.2, -0.15) is 0 Å². The number of carbonyl (C=O) groups is 2. The van der Waals surface area contributed by atoms with E-state index in [0.717, 1.165) is 11.1 Å². The van der Waals surface area contributed by atoms with Crippen LogP contribution in [-0.2, 0) is 14.3 Å². The molecule has 0 spiro atoms. The van der Waals surface area contributed by atoms with E-state index in [4.69, 9.17) is 22.1 Å². The van der Waals surface area contributed by atoms with Gasteiger partial charge in [0, 0.05) is 11.6 Å². The summed E-state index contributed by atoms with van der Waals surface area (Å²) in [5.74, 6) is 0.0464. The maximum Gasteiger partial charge on any atom is 0.356 e. The molecule has 2 aliphatic rings. The van der Waals surface area contributed by atoms with Crippen LogP contribution in [0, 0.1) is 0 Å². The first kappa shape index (κ1) is 20.7. The zero-order chi connectivity index (χ0) is 21.1. The summed E-state index contributed by atoms with van der Waals surface area (Å²) >= 11 is 7.33. The Bertz CT molecular complexity index is 955. The lowest BCUT2D eigenvalue weighted by atomic mass is 10.0. The lowest BCUT2D eigenvalue weighted by Gasteiger charge is -2.48. The van der Waals surface area contributed by atoms with E-state index in [0.29, 0.717) is 17.2 Å². The smallest absolute Gasteiger partial charge is 0.356 e. The van der Waals surface area contributed by atoms with Crippen LogP contribution < -0.4 is 5.73 Å². The molecule has 1 saturated heterocycles. The van der Waals surface area contributed by atoms with Gasteiger partial charge in [0.1, 0.15) is 17.1 Å².